The number of likely N-dealkylation sites (tertiary alicyclic amines) is 1. The first kappa shape index (κ1) is 12.1. The monoisotopic (exact) mass is 213 g/mol. The van der Waals surface area contributed by atoms with Crippen molar-refractivity contribution in [3.05, 3.63) is 0 Å². The molecule has 0 saturated carbocycles. The highest BCUT2D eigenvalue weighted by atomic mass is 16.3. The fourth-order valence-electron chi connectivity index (χ4n) is 1.42. The molecule has 0 aromatic rings. The molecule has 5 nitrogen and oxygen atoms in total. The van der Waals surface area contributed by atoms with Gasteiger partial charge >= 0.3 is 0 Å². The van der Waals surface area contributed by atoms with Crippen LogP contribution in [0, 0.1) is 11.8 Å². The van der Waals surface area contributed by atoms with E-state index in [-0.39, 0.29) is 18.4 Å². The third-order valence-corrected chi connectivity index (χ3v) is 2.50. The van der Waals surface area contributed by atoms with Gasteiger partial charge in [-0.1, -0.05) is 13.8 Å². The van der Waals surface area contributed by atoms with Crippen LogP contribution in [0.2, 0.25) is 0 Å². The Kier molecular flexibility index (Phi) is 4.23. The second-order valence-corrected chi connectivity index (χ2v) is 4.33. The second kappa shape index (κ2) is 5.23. The summed E-state index contributed by atoms with van der Waals surface area (Å²) in [4.78, 5) is 17.1. The molecule has 86 valence electrons. The first-order chi connectivity index (χ1) is 7.02. The molecule has 1 fully saturated rings. The van der Waals surface area contributed by atoms with Crippen molar-refractivity contribution >= 4 is 11.7 Å². The zero-order valence-electron chi connectivity index (χ0n) is 9.31. The third-order valence-electron chi connectivity index (χ3n) is 2.50. The van der Waals surface area contributed by atoms with Crippen molar-refractivity contribution in [2.75, 3.05) is 26.2 Å². The normalized spacial score (nSPS) is 19.3. The largest absolute Gasteiger partial charge is 0.396 e. The van der Waals surface area contributed by atoms with Crippen LogP contribution in [0.25, 0.3) is 0 Å². The summed E-state index contributed by atoms with van der Waals surface area (Å²) in [5.74, 6) is 0.622. The van der Waals surface area contributed by atoms with E-state index < -0.39 is 0 Å². The smallest absolute Gasteiger partial charge is 0.261 e. The average molecular weight is 213 g/mol. The maximum Gasteiger partial charge on any atom is 0.261 e. The summed E-state index contributed by atoms with van der Waals surface area (Å²) in [6.07, 6.45) is 0. The Bertz CT molecular complexity index is 257. The van der Waals surface area contributed by atoms with Gasteiger partial charge in [-0.15, -0.1) is 0 Å². The van der Waals surface area contributed by atoms with Crippen molar-refractivity contribution in [1.82, 2.24) is 4.90 Å². The minimum absolute atomic E-state index is 0.107. The number of carbonyl (C=O) groups excluding carboxylic acids is 1. The van der Waals surface area contributed by atoms with Gasteiger partial charge in [0.25, 0.3) is 5.91 Å². The molecular weight excluding hydrogens is 194 g/mol. The van der Waals surface area contributed by atoms with Gasteiger partial charge in [0, 0.05) is 31.5 Å². The molecule has 1 aliphatic heterocycles. The number of aliphatic hydroxyl groups is 1. The molecule has 0 atom stereocenters. The van der Waals surface area contributed by atoms with E-state index in [1.165, 1.54) is 0 Å². The highest BCUT2D eigenvalue weighted by Crippen LogP contribution is 2.13. The van der Waals surface area contributed by atoms with Gasteiger partial charge in [0.1, 0.15) is 5.84 Å². The predicted octanol–water partition coefficient (Wildman–Crippen LogP) is -0.550. The number of nitrogens with two attached hydrogens (primary N) is 1. The van der Waals surface area contributed by atoms with Crippen molar-refractivity contribution < 1.29 is 9.90 Å². The van der Waals surface area contributed by atoms with E-state index in [0.29, 0.717) is 18.3 Å². The number of carbonyl (C=O) groups is 1. The molecule has 1 aliphatic rings. The SMILES string of the molecule is CC(C)C(N)=NC(=O)CN1CC(CO)C1. The average Bonchev–Trinajstić information content (AvgIpc) is 2.10. The number of hydrogen-bond acceptors (Lipinski definition) is 3. The van der Waals surface area contributed by atoms with Crippen LogP contribution >= 0.6 is 0 Å². The van der Waals surface area contributed by atoms with Crippen LogP contribution in [-0.2, 0) is 4.79 Å². The van der Waals surface area contributed by atoms with Crippen molar-refractivity contribution in [3.63, 3.8) is 0 Å². The summed E-state index contributed by atoms with van der Waals surface area (Å²) in [6.45, 7) is 5.86. The Morgan fingerprint density at radius 3 is 2.67 bits per heavy atom. The van der Waals surface area contributed by atoms with Crippen LogP contribution in [0.1, 0.15) is 13.8 Å². The lowest BCUT2D eigenvalue weighted by Crippen LogP contribution is -2.50. The van der Waals surface area contributed by atoms with Crippen LogP contribution in [0.4, 0.5) is 0 Å². The van der Waals surface area contributed by atoms with Crippen LogP contribution in [0.3, 0.4) is 0 Å². The van der Waals surface area contributed by atoms with Crippen LogP contribution in [0.15, 0.2) is 4.99 Å². The van der Waals surface area contributed by atoms with Crippen molar-refractivity contribution in [3.8, 4) is 0 Å². The molecule has 1 amide bonds. The minimum atomic E-state index is -0.197. The van der Waals surface area contributed by atoms with E-state index in [1.807, 2.05) is 18.7 Å². The lowest BCUT2D eigenvalue weighted by atomic mass is 10.0. The molecule has 0 radical (unpaired) electrons. The van der Waals surface area contributed by atoms with Gasteiger partial charge in [-0.25, -0.2) is 0 Å². The quantitative estimate of drug-likeness (QED) is 0.485. The van der Waals surface area contributed by atoms with Gasteiger partial charge in [0.15, 0.2) is 0 Å². The van der Waals surface area contributed by atoms with Gasteiger partial charge in [-0.3, -0.25) is 9.69 Å². The molecule has 0 bridgehead atoms. The minimum Gasteiger partial charge on any atom is -0.396 e. The second-order valence-electron chi connectivity index (χ2n) is 4.33. The lowest BCUT2D eigenvalue weighted by molar-refractivity contribution is -0.120. The fraction of sp³-hybridized carbons (Fsp3) is 0.800. The number of nitrogens with zero attached hydrogens (tertiary/aromatic N) is 2. The van der Waals surface area contributed by atoms with Crippen LogP contribution in [-0.4, -0.2) is 48.0 Å². The summed E-state index contributed by atoms with van der Waals surface area (Å²) in [7, 11) is 0. The highest BCUT2D eigenvalue weighted by molar-refractivity contribution is 5.95. The Morgan fingerprint density at radius 1 is 1.60 bits per heavy atom. The molecule has 3 N–H and O–H groups in total. The molecule has 0 spiro atoms. The van der Waals surface area contributed by atoms with Gasteiger partial charge in [0.2, 0.25) is 0 Å². The maximum absolute atomic E-state index is 11.4. The van der Waals surface area contributed by atoms with Gasteiger partial charge in [0.05, 0.1) is 6.54 Å². The molecule has 0 aromatic heterocycles. The first-order valence-corrected chi connectivity index (χ1v) is 5.23. The lowest BCUT2D eigenvalue weighted by Gasteiger charge is -2.37. The van der Waals surface area contributed by atoms with Crippen molar-refractivity contribution in [2.24, 2.45) is 22.6 Å². The molecule has 15 heavy (non-hydrogen) atoms. The maximum atomic E-state index is 11.4. The molecule has 0 aromatic carbocycles. The number of aliphatic imine (C=N–C) groups is 1. The molecule has 0 unspecified atom stereocenters. The van der Waals surface area contributed by atoms with E-state index in [0.717, 1.165) is 13.1 Å². The van der Waals surface area contributed by atoms with Gasteiger partial charge in [-0.2, -0.15) is 4.99 Å². The standard InChI is InChI=1S/C10H19N3O2/c1-7(2)10(11)12-9(15)5-13-3-8(4-13)6-14/h7-8,14H,3-6H2,1-2H3,(H2,11,12,15). The third kappa shape index (κ3) is 3.60. The van der Waals surface area contributed by atoms with E-state index in [1.54, 1.807) is 0 Å². The van der Waals surface area contributed by atoms with E-state index in [4.69, 9.17) is 10.8 Å². The number of amides is 1. The van der Waals surface area contributed by atoms with E-state index in [9.17, 15) is 4.79 Å². The fourth-order valence-corrected chi connectivity index (χ4v) is 1.42. The number of amidine groups is 1. The topological polar surface area (TPSA) is 78.9 Å². The molecule has 0 aliphatic carbocycles. The molecule has 1 rings (SSSR count). The van der Waals surface area contributed by atoms with Gasteiger partial charge in [-0.05, 0) is 0 Å². The molecule has 1 saturated heterocycles. The predicted molar refractivity (Wildman–Crippen MR) is 58.5 cm³/mol. The highest BCUT2D eigenvalue weighted by Gasteiger charge is 2.27. The van der Waals surface area contributed by atoms with Crippen LogP contribution in [0.5, 0.6) is 0 Å². The number of rotatable bonds is 4. The molecule has 5 heteroatoms. The summed E-state index contributed by atoms with van der Waals surface area (Å²) < 4.78 is 0. The van der Waals surface area contributed by atoms with E-state index in [2.05, 4.69) is 4.99 Å². The van der Waals surface area contributed by atoms with E-state index >= 15 is 0 Å². The summed E-state index contributed by atoms with van der Waals surface area (Å²) in [5, 5.41) is 8.80. The first-order valence-electron chi connectivity index (χ1n) is 5.23. The summed E-state index contributed by atoms with van der Waals surface area (Å²) in [6, 6.07) is 0. The molecular formula is C10H19N3O2. The number of hydrogen-bond donors (Lipinski definition) is 2. The summed E-state index contributed by atoms with van der Waals surface area (Å²) >= 11 is 0. The Hall–Kier alpha value is -0.940. The van der Waals surface area contributed by atoms with Crippen molar-refractivity contribution in [1.29, 1.82) is 0 Å². The Labute approximate surface area is 90.0 Å². The Balaban J connectivity index is 2.29. The molecule has 1 heterocycles. The zero-order chi connectivity index (χ0) is 11.4. The van der Waals surface area contributed by atoms with Crippen molar-refractivity contribution in [2.45, 2.75) is 13.8 Å². The zero-order valence-corrected chi connectivity index (χ0v) is 9.31. The summed E-state index contributed by atoms with van der Waals surface area (Å²) in [5.41, 5.74) is 5.58. The Morgan fingerprint density at radius 2 is 2.20 bits per heavy atom. The number of aliphatic hydroxyl groups excluding tert-OH is 1. The van der Waals surface area contributed by atoms with Gasteiger partial charge < -0.3 is 10.8 Å². The van der Waals surface area contributed by atoms with Crippen LogP contribution < -0.4 is 5.73 Å².